The zero-order valence-electron chi connectivity index (χ0n) is 15.4. The lowest BCUT2D eigenvalue weighted by Gasteiger charge is -2.12. The van der Waals surface area contributed by atoms with Crippen LogP contribution >= 0.6 is 23.4 Å². The Kier molecular flexibility index (Phi) is 6.78. The number of nitrogens with zero attached hydrogens (tertiary/aromatic N) is 4. The van der Waals surface area contributed by atoms with Gasteiger partial charge in [-0.25, -0.2) is 0 Å². The summed E-state index contributed by atoms with van der Waals surface area (Å²) in [6.07, 6.45) is 0.315. The number of carbonyl (C=O) groups is 1. The van der Waals surface area contributed by atoms with Crippen LogP contribution in [0.4, 0.5) is 18.9 Å². The number of thioether (sulfide) groups is 1. The van der Waals surface area contributed by atoms with E-state index in [9.17, 15) is 18.0 Å². The number of carbonyl (C=O) groups excluding carboxylic acids is 1. The summed E-state index contributed by atoms with van der Waals surface area (Å²) < 4.78 is 40.7. The number of alkyl halides is 3. The van der Waals surface area contributed by atoms with E-state index in [1.807, 2.05) is 0 Å². The standard InChI is InChI=1S/C19H15ClF3N5OS/c1-2-9-28-17(12-5-7-24-8-6-12)26-27-18(28)30-11-16(29)25-13-3-4-15(20)14(10-13)19(21,22)23/h2-8,10H,1,9,11H2,(H,25,29). The first-order chi connectivity index (χ1) is 14.3. The van der Waals surface area contributed by atoms with Crippen LogP contribution in [0.2, 0.25) is 5.02 Å². The summed E-state index contributed by atoms with van der Waals surface area (Å²) >= 11 is 6.70. The number of amides is 1. The van der Waals surface area contributed by atoms with Crippen LogP contribution in [0.15, 0.2) is 60.5 Å². The van der Waals surface area contributed by atoms with Gasteiger partial charge in [0.05, 0.1) is 16.3 Å². The molecular weight excluding hydrogens is 439 g/mol. The third-order valence-corrected chi connectivity index (χ3v) is 5.15. The zero-order valence-corrected chi connectivity index (χ0v) is 16.9. The fourth-order valence-corrected chi connectivity index (χ4v) is 3.52. The lowest BCUT2D eigenvalue weighted by Crippen LogP contribution is -2.15. The highest BCUT2D eigenvalue weighted by Crippen LogP contribution is 2.36. The molecule has 0 aliphatic heterocycles. The van der Waals surface area contributed by atoms with E-state index in [1.54, 1.807) is 35.2 Å². The molecule has 1 N–H and O–H groups in total. The highest BCUT2D eigenvalue weighted by atomic mass is 35.5. The topological polar surface area (TPSA) is 72.7 Å². The molecule has 0 unspecified atom stereocenters. The summed E-state index contributed by atoms with van der Waals surface area (Å²) in [5, 5.41) is 10.7. The molecule has 156 valence electrons. The van der Waals surface area contributed by atoms with Crippen LogP contribution in [0.5, 0.6) is 0 Å². The van der Waals surface area contributed by atoms with Crippen LogP contribution < -0.4 is 5.32 Å². The molecule has 6 nitrogen and oxygen atoms in total. The SMILES string of the molecule is C=CCn1c(SCC(=O)Nc2ccc(Cl)c(C(F)(F)F)c2)nnc1-c1ccncc1. The molecule has 0 saturated heterocycles. The van der Waals surface area contributed by atoms with Crippen molar-refractivity contribution in [3.8, 4) is 11.4 Å². The minimum absolute atomic E-state index is 0.00218. The predicted molar refractivity (Wildman–Crippen MR) is 109 cm³/mol. The zero-order chi connectivity index (χ0) is 21.7. The molecule has 0 aliphatic carbocycles. The number of aromatic nitrogens is 4. The normalized spacial score (nSPS) is 11.3. The molecule has 0 radical (unpaired) electrons. The smallest absolute Gasteiger partial charge is 0.325 e. The summed E-state index contributed by atoms with van der Waals surface area (Å²) in [6.45, 7) is 4.14. The molecule has 0 spiro atoms. The first-order valence-electron chi connectivity index (χ1n) is 8.53. The van der Waals surface area contributed by atoms with Gasteiger partial charge in [0.1, 0.15) is 0 Å². The molecule has 2 aromatic heterocycles. The number of halogens is 4. The van der Waals surface area contributed by atoms with Gasteiger partial charge in [0.25, 0.3) is 0 Å². The quantitative estimate of drug-likeness (QED) is 0.405. The molecule has 1 amide bonds. The molecular formula is C19H15ClF3N5OS. The van der Waals surface area contributed by atoms with Crippen LogP contribution in [-0.4, -0.2) is 31.4 Å². The Balaban J connectivity index is 1.71. The minimum Gasteiger partial charge on any atom is -0.325 e. The van der Waals surface area contributed by atoms with Crippen LogP contribution in [0, 0.1) is 0 Å². The van der Waals surface area contributed by atoms with Crippen molar-refractivity contribution in [1.29, 1.82) is 0 Å². The lowest BCUT2D eigenvalue weighted by atomic mass is 10.2. The Morgan fingerprint density at radius 3 is 2.63 bits per heavy atom. The van der Waals surface area contributed by atoms with E-state index in [2.05, 4.69) is 27.1 Å². The van der Waals surface area contributed by atoms with Crippen molar-refractivity contribution in [2.45, 2.75) is 17.9 Å². The second kappa shape index (κ2) is 9.31. The van der Waals surface area contributed by atoms with Gasteiger partial charge in [-0.1, -0.05) is 29.4 Å². The third-order valence-electron chi connectivity index (χ3n) is 3.85. The molecule has 0 atom stereocenters. The van der Waals surface area contributed by atoms with Crippen molar-refractivity contribution in [1.82, 2.24) is 19.7 Å². The van der Waals surface area contributed by atoms with E-state index < -0.39 is 22.7 Å². The minimum atomic E-state index is -4.61. The molecule has 3 rings (SSSR count). The summed E-state index contributed by atoms with van der Waals surface area (Å²) in [7, 11) is 0. The largest absolute Gasteiger partial charge is 0.417 e. The number of benzene rings is 1. The predicted octanol–water partition coefficient (Wildman–Crippen LogP) is 4.93. The average Bonchev–Trinajstić information content (AvgIpc) is 3.10. The van der Waals surface area contributed by atoms with Gasteiger partial charge in [-0.3, -0.25) is 14.3 Å². The van der Waals surface area contributed by atoms with E-state index in [-0.39, 0.29) is 11.4 Å². The van der Waals surface area contributed by atoms with Crippen molar-refractivity contribution in [3.05, 3.63) is 66.0 Å². The molecule has 0 saturated carbocycles. The average molecular weight is 454 g/mol. The van der Waals surface area contributed by atoms with Gasteiger partial charge in [-0.15, -0.1) is 16.8 Å². The Labute approximate surface area is 179 Å². The number of allylic oxidation sites excluding steroid dienone is 1. The van der Waals surface area contributed by atoms with Crippen LogP contribution in [-0.2, 0) is 17.5 Å². The molecule has 3 aromatic rings. The number of anilines is 1. The molecule has 1 aromatic carbocycles. The third kappa shape index (κ3) is 5.19. The van der Waals surface area contributed by atoms with Gasteiger partial charge in [0.15, 0.2) is 11.0 Å². The van der Waals surface area contributed by atoms with Crippen molar-refractivity contribution >= 4 is 35.0 Å². The Morgan fingerprint density at radius 1 is 1.23 bits per heavy atom. The van der Waals surface area contributed by atoms with Crippen molar-refractivity contribution in [2.24, 2.45) is 0 Å². The van der Waals surface area contributed by atoms with Gasteiger partial charge >= 0.3 is 6.18 Å². The van der Waals surface area contributed by atoms with Gasteiger partial charge in [0.2, 0.25) is 5.91 Å². The summed E-state index contributed by atoms with van der Waals surface area (Å²) in [5.74, 6) is 0.0251. The van der Waals surface area contributed by atoms with E-state index in [0.717, 1.165) is 29.5 Å². The fraction of sp³-hybridized carbons (Fsp3) is 0.158. The van der Waals surface area contributed by atoms with Crippen molar-refractivity contribution in [2.75, 3.05) is 11.1 Å². The van der Waals surface area contributed by atoms with Gasteiger partial charge in [-0.2, -0.15) is 13.2 Å². The van der Waals surface area contributed by atoms with Gasteiger partial charge in [-0.05, 0) is 30.3 Å². The molecule has 0 fully saturated rings. The first-order valence-corrected chi connectivity index (χ1v) is 9.90. The monoisotopic (exact) mass is 453 g/mol. The number of hydrogen-bond acceptors (Lipinski definition) is 5. The second-order valence-electron chi connectivity index (χ2n) is 5.97. The molecule has 0 aliphatic rings. The molecule has 0 bridgehead atoms. The number of nitrogens with one attached hydrogen (secondary N) is 1. The maximum absolute atomic E-state index is 13.0. The Hall–Kier alpha value is -2.85. The molecule has 30 heavy (non-hydrogen) atoms. The van der Waals surface area contributed by atoms with Crippen LogP contribution in [0.25, 0.3) is 11.4 Å². The molecule has 2 heterocycles. The van der Waals surface area contributed by atoms with Crippen LogP contribution in [0.3, 0.4) is 0 Å². The lowest BCUT2D eigenvalue weighted by molar-refractivity contribution is -0.137. The molecule has 11 heteroatoms. The summed E-state index contributed by atoms with van der Waals surface area (Å²) in [6, 6.07) is 6.76. The van der Waals surface area contributed by atoms with Crippen molar-refractivity contribution in [3.63, 3.8) is 0 Å². The number of hydrogen-bond donors (Lipinski definition) is 1. The highest BCUT2D eigenvalue weighted by molar-refractivity contribution is 7.99. The van der Waals surface area contributed by atoms with Crippen molar-refractivity contribution < 1.29 is 18.0 Å². The highest BCUT2D eigenvalue weighted by Gasteiger charge is 2.33. The fourth-order valence-electron chi connectivity index (χ4n) is 2.55. The van der Waals surface area contributed by atoms with E-state index >= 15 is 0 Å². The van der Waals surface area contributed by atoms with E-state index in [1.165, 1.54) is 6.07 Å². The van der Waals surface area contributed by atoms with Gasteiger partial charge in [0, 0.05) is 30.2 Å². The first kappa shape index (κ1) is 21.8. The number of pyridine rings is 1. The number of rotatable bonds is 7. The van der Waals surface area contributed by atoms with Gasteiger partial charge < -0.3 is 5.32 Å². The second-order valence-corrected chi connectivity index (χ2v) is 7.32. The Morgan fingerprint density at radius 2 is 1.97 bits per heavy atom. The van der Waals surface area contributed by atoms with E-state index in [0.29, 0.717) is 17.5 Å². The Bertz CT molecular complexity index is 1060. The van der Waals surface area contributed by atoms with Crippen LogP contribution in [0.1, 0.15) is 5.56 Å². The summed E-state index contributed by atoms with van der Waals surface area (Å²) in [4.78, 5) is 16.2. The maximum atomic E-state index is 13.0. The van der Waals surface area contributed by atoms with E-state index in [4.69, 9.17) is 11.6 Å². The maximum Gasteiger partial charge on any atom is 0.417 e. The summed E-state index contributed by atoms with van der Waals surface area (Å²) in [5.41, 5.74) is -0.207.